The minimum absolute atomic E-state index is 0.0526. The van der Waals surface area contributed by atoms with Crippen LogP contribution in [0.3, 0.4) is 0 Å². The standard InChI is InChI=1S/C22H17F3N2O2S/c1-27-19(17-10-5-11-30-17)18(15-8-2-3-9-16(15)21(27)29)20(28)26-14-7-4-6-13(12-14)22(23,24)25/h2-12,18-19H,1H3,(H,26,28)/t18-,19+/m1/s1. The highest BCUT2D eigenvalue weighted by Crippen LogP contribution is 2.44. The molecule has 1 aliphatic heterocycles. The molecule has 0 spiro atoms. The molecule has 30 heavy (non-hydrogen) atoms. The van der Waals surface area contributed by atoms with Crippen LogP contribution in [0.5, 0.6) is 0 Å². The third kappa shape index (κ3) is 3.59. The number of carbonyl (C=O) groups is 2. The Labute approximate surface area is 174 Å². The third-order valence-corrected chi connectivity index (χ3v) is 6.10. The molecule has 1 N–H and O–H groups in total. The van der Waals surface area contributed by atoms with Gasteiger partial charge in [0.1, 0.15) is 0 Å². The predicted octanol–water partition coefficient (Wildman–Crippen LogP) is 5.32. The number of anilines is 1. The largest absolute Gasteiger partial charge is 0.416 e. The smallest absolute Gasteiger partial charge is 0.333 e. The van der Waals surface area contributed by atoms with Crippen molar-refractivity contribution in [3.63, 3.8) is 0 Å². The molecule has 2 aromatic carbocycles. The molecule has 3 aromatic rings. The number of nitrogens with one attached hydrogen (secondary N) is 1. The maximum atomic E-state index is 13.3. The molecule has 1 aliphatic rings. The van der Waals surface area contributed by atoms with Gasteiger partial charge in [-0.2, -0.15) is 13.2 Å². The Bertz CT molecular complexity index is 1100. The van der Waals surface area contributed by atoms with Gasteiger partial charge in [-0.15, -0.1) is 11.3 Å². The number of carbonyl (C=O) groups excluding carboxylic acids is 2. The number of hydrogen-bond acceptors (Lipinski definition) is 3. The van der Waals surface area contributed by atoms with Crippen molar-refractivity contribution in [2.24, 2.45) is 0 Å². The molecule has 2 heterocycles. The molecule has 4 rings (SSSR count). The molecule has 0 bridgehead atoms. The van der Waals surface area contributed by atoms with E-state index in [1.54, 1.807) is 31.3 Å². The Balaban J connectivity index is 1.75. The van der Waals surface area contributed by atoms with Crippen LogP contribution < -0.4 is 5.32 Å². The quantitative estimate of drug-likeness (QED) is 0.612. The van der Waals surface area contributed by atoms with Crippen molar-refractivity contribution < 1.29 is 22.8 Å². The van der Waals surface area contributed by atoms with E-state index >= 15 is 0 Å². The molecule has 4 nitrogen and oxygen atoms in total. The molecular formula is C22H17F3N2O2S. The topological polar surface area (TPSA) is 49.4 Å². The van der Waals surface area contributed by atoms with Crippen molar-refractivity contribution >= 4 is 28.8 Å². The lowest BCUT2D eigenvalue weighted by Crippen LogP contribution is -2.43. The molecule has 1 aromatic heterocycles. The van der Waals surface area contributed by atoms with Gasteiger partial charge in [-0.05, 0) is 41.3 Å². The predicted molar refractivity (Wildman–Crippen MR) is 108 cm³/mol. The average Bonchev–Trinajstić information content (AvgIpc) is 3.24. The number of alkyl halides is 3. The number of nitrogens with zero attached hydrogens (tertiary/aromatic N) is 1. The molecule has 0 radical (unpaired) electrons. The third-order valence-electron chi connectivity index (χ3n) is 5.15. The SMILES string of the molecule is CN1C(=O)c2ccccc2[C@@H](C(=O)Nc2cccc(C(F)(F)F)c2)[C@@H]1c1cccs1. The summed E-state index contributed by atoms with van der Waals surface area (Å²) in [5.74, 6) is -1.44. The van der Waals surface area contributed by atoms with Crippen molar-refractivity contribution in [1.29, 1.82) is 0 Å². The van der Waals surface area contributed by atoms with Gasteiger partial charge in [0.15, 0.2) is 0 Å². The van der Waals surface area contributed by atoms with Gasteiger partial charge < -0.3 is 10.2 Å². The summed E-state index contributed by atoms with van der Waals surface area (Å²) >= 11 is 1.42. The number of hydrogen-bond donors (Lipinski definition) is 1. The van der Waals surface area contributed by atoms with Crippen LogP contribution in [0.15, 0.2) is 66.0 Å². The first-order valence-corrected chi connectivity index (χ1v) is 10.0. The van der Waals surface area contributed by atoms with Gasteiger partial charge in [0.25, 0.3) is 5.91 Å². The molecule has 2 atom stereocenters. The second-order valence-electron chi connectivity index (χ2n) is 7.01. The van der Waals surface area contributed by atoms with Gasteiger partial charge in [-0.3, -0.25) is 9.59 Å². The summed E-state index contributed by atoms with van der Waals surface area (Å²) in [6, 6.07) is 14.5. The number of fused-ring (bicyclic) bond motifs is 1. The van der Waals surface area contributed by atoms with E-state index in [0.717, 1.165) is 17.0 Å². The number of likely N-dealkylation sites (N-methyl/N-ethyl adjacent to an activating group) is 1. The van der Waals surface area contributed by atoms with E-state index in [2.05, 4.69) is 5.32 Å². The lowest BCUT2D eigenvalue weighted by atomic mass is 9.81. The van der Waals surface area contributed by atoms with E-state index in [1.165, 1.54) is 28.4 Å². The first-order valence-electron chi connectivity index (χ1n) is 9.15. The summed E-state index contributed by atoms with van der Waals surface area (Å²) in [4.78, 5) is 28.5. The van der Waals surface area contributed by atoms with Gasteiger partial charge in [-0.1, -0.05) is 30.3 Å². The minimum atomic E-state index is -4.51. The van der Waals surface area contributed by atoms with E-state index in [1.807, 2.05) is 17.5 Å². The number of amides is 2. The molecule has 0 saturated carbocycles. The highest BCUT2D eigenvalue weighted by Gasteiger charge is 2.43. The van der Waals surface area contributed by atoms with Crippen LogP contribution in [0.1, 0.15) is 38.3 Å². The fourth-order valence-corrected chi connectivity index (χ4v) is 4.67. The lowest BCUT2D eigenvalue weighted by Gasteiger charge is -2.39. The first kappa shape index (κ1) is 20.2. The van der Waals surface area contributed by atoms with Crippen LogP contribution in [-0.2, 0) is 11.0 Å². The summed E-state index contributed by atoms with van der Waals surface area (Å²) < 4.78 is 39.1. The van der Waals surface area contributed by atoms with Crippen LogP contribution >= 0.6 is 11.3 Å². The van der Waals surface area contributed by atoms with Crippen LogP contribution in [0.2, 0.25) is 0 Å². The number of thiophene rings is 1. The number of halogens is 3. The van der Waals surface area contributed by atoms with E-state index in [-0.39, 0.29) is 11.6 Å². The zero-order chi connectivity index (χ0) is 21.5. The fraction of sp³-hybridized carbons (Fsp3) is 0.182. The van der Waals surface area contributed by atoms with Gasteiger partial charge in [-0.25, -0.2) is 0 Å². The highest BCUT2D eigenvalue weighted by molar-refractivity contribution is 7.10. The van der Waals surface area contributed by atoms with Crippen LogP contribution in [0, 0.1) is 0 Å². The van der Waals surface area contributed by atoms with Gasteiger partial charge in [0.05, 0.1) is 17.5 Å². The Hall–Kier alpha value is -3.13. The monoisotopic (exact) mass is 430 g/mol. The average molecular weight is 430 g/mol. The molecule has 154 valence electrons. The summed E-state index contributed by atoms with van der Waals surface area (Å²) in [5.41, 5.74) is 0.184. The molecule has 2 amide bonds. The Morgan fingerprint density at radius 1 is 1.07 bits per heavy atom. The number of benzene rings is 2. The van der Waals surface area contributed by atoms with Crippen LogP contribution in [0.25, 0.3) is 0 Å². The van der Waals surface area contributed by atoms with Crippen molar-refractivity contribution in [2.45, 2.75) is 18.1 Å². The second kappa shape index (κ2) is 7.60. The van der Waals surface area contributed by atoms with E-state index in [9.17, 15) is 22.8 Å². The Morgan fingerprint density at radius 2 is 1.83 bits per heavy atom. The molecule has 0 fully saturated rings. The maximum Gasteiger partial charge on any atom is 0.416 e. The molecule has 8 heteroatoms. The Morgan fingerprint density at radius 3 is 2.53 bits per heavy atom. The van der Waals surface area contributed by atoms with E-state index < -0.39 is 29.6 Å². The molecule has 0 aliphatic carbocycles. The first-order chi connectivity index (χ1) is 14.3. The van der Waals surface area contributed by atoms with Crippen LogP contribution in [-0.4, -0.2) is 23.8 Å². The zero-order valence-electron chi connectivity index (χ0n) is 15.8. The van der Waals surface area contributed by atoms with Crippen molar-refractivity contribution in [1.82, 2.24) is 4.90 Å². The van der Waals surface area contributed by atoms with Crippen molar-refractivity contribution in [3.05, 3.63) is 87.6 Å². The summed E-state index contributed by atoms with van der Waals surface area (Å²) in [5, 5.41) is 4.48. The lowest BCUT2D eigenvalue weighted by molar-refractivity contribution is -0.137. The van der Waals surface area contributed by atoms with Crippen molar-refractivity contribution in [2.75, 3.05) is 12.4 Å². The maximum absolute atomic E-state index is 13.3. The normalized spacial score (nSPS) is 18.8. The van der Waals surface area contributed by atoms with Gasteiger partial charge >= 0.3 is 6.18 Å². The van der Waals surface area contributed by atoms with Gasteiger partial charge in [0.2, 0.25) is 5.91 Å². The summed E-state index contributed by atoms with van der Waals surface area (Å²) in [7, 11) is 1.63. The summed E-state index contributed by atoms with van der Waals surface area (Å²) in [6.45, 7) is 0. The zero-order valence-corrected chi connectivity index (χ0v) is 16.6. The molecule has 0 unspecified atom stereocenters. The molecule has 0 saturated heterocycles. The Kier molecular flexibility index (Phi) is 5.11. The second-order valence-corrected chi connectivity index (χ2v) is 7.99. The summed E-state index contributed by atoms with van der Waals surface area (Å²) in [6.07, 6.45) is -4.51. The van der Waals surface area contributed by atoms with E-state index in [0.29, 0.717) is 11.1 Å². The van der Waals surface area contributed by atoms with Gasteiger partial charge in [0, 0.05) is 23.2 Å². The van der Waals surface area contributed by atoms with Crippen molar-refractivity contribution in [3.8, 4) is 0 Å². The minimum Gasteiger partial charge on any atom is -0.333 e. The van der Waals surface area contributed by atoms with Crippen LogP contribution in [0.4, 0.5) is 18.9 Å². The molecular weight excluding hydrogens is 413 g/mol. The number of rotatable bonds is 3. The fourth-order valence-electron chi connectivity index (χ4n) is 3.77. The van der Waals surface area contributed by atoms with E-state index in [4.69, 9.17) is 0 Å². The highest BCUT2D eigenvalue weighted by atomic mass is 32.1.